The number of thioether (sulfide) groups is 1. The first-order chi connectivity index (χ1) is 9.96. The fraction of sp³-hybridized carbons (Fsp3) is 0.667. The van der Waals surface area contributed by atoms with Crippen molar-refractivity contribution in [1.82, 2.24) is 10.2 Å². The summed E-state index contributed by atoms with van der Waals surface area (Å²) in [4.78, 5) is 2.53. The maximum atomic E-state index is 3.52. The van der Waals surface area contributed by atoms with Crippen LogP contribution in [0.15, 0.2) is 30.3 Å². The van der Waals surface area contributed by atoms with Gasteiger partial charge in [-0.05, 0) is 37.8 Å². The number of rotatable bonds is 9. The molecule has 0 aliphatic heterocycles. The molecule has 1 N–H and O–H groups in total. The Morgan fingerprint density at radius 1 is 1.24 bits per heavy atom. The summed E-state index contributed by atoms with van der Waals surface area (Å²) in [6, 6.07) is 11.8. The van der Waals surface area contributed by atoms with E-state index in [-0.39, 0.29) is 5.41 Å². The summed E-state index contributed by atoms with van der Waals surface area (Å²) in [5.74, 6) is 1.21. The first-order valence-electron chi connectivity index (χ1n) is 7.87. The zero-order valence-corrected chi connectivity index (χ0v) is 15.3. The molecule has 120 valence electrons. The minimum Gasteiger partial charge on any atom is -0.313 e. The molecule has 1 aromatic rings. The highest BCUT2D eigenvalue weighted by Gasteiger charge is 2.32. The van der Waals surface area contributed by atoms with Crippen molar-refractivity contribution >= 4 is 11.8 Å². The van der Waals surface area contributed by atoms with E-state index >= 15 is 0 Å². The van der Waals surface area contributed by atoms with Gasteiger partial charge in [0.1, 0.15) is 0 Å². The third-order valence-corrected chi connectivity index (χ3v) is 5.03. The molecule has 1 rings (SSSR count). The second-order valence-corrected chi connectivity index (χ2v) is 7.46. The Labute approximate surface area is 135 Å². The summed E-state index contributed by atoms with van der Waals surface area (Å²) in [6.07, 6.45) is 3.41. The third kappa shape index (κ3) is 5.32. The lowest BCUT2D eigenvalue weighted by molar-refractivity contribution is 0.132. The molecule has 1 aromatic carbocycles. The molecule has 2 nitrogen and oxygen atoms in total. The Kier molecular flexibility index (Phi) is 7.78. The number of nitrogens with zero attached hydrogens (tertiary/aromatic N) is 1. The summed E-state index contributed by atoms with van der Waals surface area (Å²) < 4.78 is 0. The van der Waals surface area contributed by atoms with Gasteiger partial charge in [0.05, 0.1) is 0 Å². The van der Waals surface area contributed by atoms with E-state index < -0.39 is 0 Å². The minimum atomic E-state index is 0.177. The van der Waals surface area contributed by atoms with Crippen molar-refractivity contribution < 1.29 is 0 Å². The molecule has 2 atom stereocenters. The van der Waals surface area contributed by atoms with E-state index in [9.17, 15) is 0 Å². The van der Waals surface area contributed by atoms with Gasteiger partial charge >= 0.3 is 0 Å². The van der Waals surface area contributed by atoms with E-state index in [1.54, 1.807) is 0 Å². The fourth-order valence-electron chi connectivity index (χ4n) is 3.27. The number of nitrogens with one attached hydrogen (secondary N) is 1. The van der Waals surface area contributed by atoms with Crippen LogP contribution >= 0.6 is 11.8 Å². The van der Waals surface area contributed by atoms with Crippen molar-refractivity contribution in [3.63, 3.8) is 0 Å². The quantitative estimate of drug-likeness (QED) is 0.741. The Balaban J connectivity index is 2.82. The average Bonchev–Trinajstić information content (AvgIpc) is 2.45. The number of hydrogen-bond acceptors (Lipinski definition) is 3. The van der Waals surface area contributed by atoms with Crippen LogP contribution in [0.1, 0.15) is 38.8 Å². The van der Waals surface area contributed by atoms with Crippen LogP contribution in [0, 0.1) is 5.41 Å². The lowest BCUT2D eigenvalue weighted by atomic mass is 9.79. The zero-order chi connectivity index (χ0) is 15.9. The highest BCUT2D eigenvalue weighted by atomic mass is 32.2. The molecule has 21 heavy (non-hydrogen) atoms. The van der Waals surface area contributed by atoms with Crippen LogP contribution in [-0.2, 0) is 0 Å². The third-order valence-electron chi connectivity index (χ3n) is 4.31. The van der Waals surface area contributed by atoms with Crippen LogP contribution in [0.5, 0.6) is 0 Å². The molecule has 0 radical (unpaired) electrons. The predicted molar refractivity (Wildman–Crippen MR) is 97.1 cm³/mol. The van der Waals surface area contributed by atoms with E-state index in [0.717, 1.165) is 6.54 Å². The van der Waals surface area contributed by atoms with Crippen LogP contribution in [0.25, 0.3) is 0 Å². The largest absolute Gasteiger partial charge is 0.313 e. The van der Waals surface area contributed by atoms with E-state index in [2.05, 4.69) is 81.7 Å². The first kappa shape index (κ1) is 18.5. The van der Waals surface area contributed by atoms with Gasteiger partial charge in [-0.25, -0.2) is 0 Å². The zero-order valence-electron chi connectivity index (χ0n) is 14.5. The smallest absolute Gasteiger partial charge is 0.0381 e. The summed E-state index contributed by atoms with van der Waals surface area (Å²) in [7, 11) is 4.34. The standard InChI is InChI=1S/C18H32N2S/c1-7-16(13-21-6)20(5)14-18(2,3)17(19-4)15-11-9-8-10-12-15/h8-12,16-17,19H,7,13-14H2,1-6H3. The van der Waals surface area contributed by atoms with E-state index in [0.29, 0.717) is 12.1 Å². The van der Waals surface area contributed by atoms with Gasteiger partial charge in [0.2, 0.25) is 0 Å². The van der Waals surface area contributed by atoms with Crippen molar-refractivity contribution in [3.05, 3.63) is 35.9 Å². The molecular formula is C18H32N2S. The van der Waals surface area contributed by atoms with Crippen LogP contribution in [0.3, 0.4) is 0 Å². The maximum absolute atomic E-state index is 3.52. The summed E-state index contributed by atoms with van der Waals surface area (Å²) in [5.41, 5.74) is 1.55. The molecule has 0 spiro atoms. The van der Waals surface area contributed by atoms with Crippen LogP contribution in [0.4, 0.5) is 0 Å². The molecule has 0 saturated heterocycles. The monoisotopic (exact) mass is 308 g/mol. The van der Waals surface area contributed by atoms with Crippen molar-refractivity contribution in [1.29, 1.82) is 0 Å². The molecule has 0 fully saturated rings. The van der Waals surface area contributed by atoms with Gasteiger partial charge in [0.15, 0.2) is 0 Å². The fourth-order valence-corrected chi connectivity index (χ4v) is 4.14. The topological polar surface area (TPSA) is 15.3 Å². The van der Waals surface area contributed by atoms with Crippen LogP contribution in [-0.4, -0.2) is 43.6 Å². The lowest BCUT2D eigenvalue weighted by Crippen LogP contribution is -2.45. The molecule has 0 saturated carbocycles. The van der Waals surface area contributed by atoms with Crippen molar-refractivity contribution in [2.75, 3.05) is 32.6 Å². The Hall–Kier alpha value is -0.510. The number of benzene rings is 1. The summed E-state index contributed by atoms with van der Waals surface area (Å²) >= 11 is 1.94. The molecule has 3 heteroatoms. The van der Waals surface area contributed by atoms with Gasteiger partial charge in [0.25, 0.3) is 0 Å². The van der Waals surface area contributed by atoms with E-state index in [1.165, 1.54) is 17.7 Å². The maximum Gasteiger partial charge on any atom is 0.0381 e. The van der Waals surface area contributed by atoms with Gasteiger partial charge in [-0.3, -0.25) is 0 Å². The molecule has 0 heterocycles. The molecule has 0 aliphatic rings. The average molecular weight is 309 g/mol. The van der Waals surface area contributed by atoms with Gasteiger partial charge in [-0.2, -0.15) is 11.8 Å². The van der Waals surface area contributed by atoms with Crippen LogP contribution in [0.2, 0.25) is 0 Å². The molecule has 0 aromatic heterocycles. The van der Waals surface area contributed by atoms with Crippen molar-refractivity contribution in [2.45, 2.75) is 39.3 Å². The van der Waals surface area contributed by atoms with E-state index in [4.69, 9.17) is 0 Å². The molecular weight excluding hydrogens is 276 g/mol. The molecule has 2 unspecified atom stereocenters. The minimum absolute atomic E-state index is 0.177. The van der Waals surface area contributed by atoms with Crippen LogP contribution < -0.4 is 5.32 Å². The predicted octanol–water partition coefficient (Wildman–Crippen LogP) is 4.05. The highest BCUT2D eigenvalue weighted by Crippen LogP contribution is 2.34. The SMILES string of the molecule is CCC(CSC)N(C)CC(C)(C)C(NC)c1ccccc1. The van der Waals surface area contributed by atoms with Crippen molar-refractivity contribution in [3.8, 4) is 0 Å². The first-order valence-corrected chi connectivity index (χ1v) is 9.27. The Bertz CT molecular complexity index is 391. The Morgan fingerprint density at radius 3 is 2.33 bits per heavy atom. The van der Waals surface area contributed by atoms with Gasteiger partial charge in [-0.1, -0.05) is 51.1 Å². The molecule has 0 aliphatic carbocycles. The normalized spacial score (nSPS) is 15.2. The second kappa shape index (κ2) is 8.82. The van der Waals surface area contributed by atoms with E-state index in [1.807, 2.05) is 11.8 Å². The highest BCUT2D eigenvalue weighted by molar-refractivity contribution is 7.98. The van der Waals surface area contributed by atoms with Gasteiger partial charge < -0.3 is 10.2 Å². The summed E-state index contributed by atoms with van der Waals surface area (Å²) in [6.45, 7) is 8.11. The van der Waals surface area contributed by atoms with Gasteiger partial charge in [0, 0.05) is 24.4 Å². The Morgan fingerprint density at radius 2 is 1.86 bits per heavy atom. The molecule has 0 bridgehead atoms. The number of hydrogen-bond donors (Lipinski definition) is 1. The van der Waals surface area contributed by atoms with Crippen molar-refractivity contribution in [2.24, 2.45) is 5.41 Å². The summed E-state index contributed by atoms with van der Waals surface area (Å²) in [5, 5.41) is 3.52. The van der Waals surface area contributed by atoms with Gasteiger partial charge in [-0.15, -0.1) is 0 Å². The second-order valence-electron chi connectivity index (χ2n) is 6.55. The molecule has 0 amide bonds. The lowest BCUT2D eigenvalue weighted by Gasteiger charge is -2.40.